The Labute approximate surface area is 86.7 Å². The van der Waals surface area contributed by atoms with Crippen LogP contribution >= 0.6 is 11.6 Å². The van der Waals surface area contributed by atoms with Gasteiger partial charge in [-0.05, 0) is 12.1 Å². The second-order valence-electron chi connectivity index (χ2n) is 2.28. The molecule has 0 amide bonds. The van der Waals surface area contributed by atoms with E-state index in [4.69, 9.17) is 30.0 Å². The molecule has 0 aromatic heterocycles. The summed E-state index contributed by atoms with van der Waals surface area (Å²) in [5.41, 5.74) is 0.513. The van der Waals surface area contributed by atoms with Gasteiger partial charge in [0.05, 0.1) is 10.1 Å². The highest BCUT2D eigenvalue weighted by atomic mass is 35.5. The Morgan fingerprint density at radius 2 is 1.71 bits per heavy atom. The predicted octanol–water partition coefficient (Wildman–Crippen LogP) is 1.99. The van der Waals surface area contributed by atoms with Crippen LogP contribution < -0.4 is 0 Å². The molecule has 0 aliphatic carbocycles. The summed E-state index contributed by atoms with van der Waals surface area (Å²) in [5, 5.41) is 8.85. The smallest absolute Gasteiger partial charge is 0.385 e. The summed E-state index contributed by atoms with van der Waals surface area (Å²) in [6.07, 6.45) is 0.604. The van der Waals surface area contributed by atoms with E-state index in [9.17, 15) is 0 Å². The summed E-state index contributed by atoms with van der Waals surface area (Å²) in [5.74, 6) is 0. The van der Waals surface area contributed by atoms with Gasteiger partial charge in [0.2, 0.25) is 5.39 Å². The fourth-order valence-corrected chi connectivity index (χ4v) is 0.634. The van der Waals surface area contributed by atoms with Gasteiger partial charge in [0.15, 0.2) is 4.98 Å². The summed E-state index contributed by atoms with van der Waals surface area (Å²) >= 11 is 5.55. The van der Waals surface area contributed by atoms with E-state index >= 15 is 0 Å². The van der Waals surface area contributed by atoms with Crippen molar-refractivity contribution in [1.29, 1.82) is 5.39 Å². The molecular formula is C7H7ClN2O3S. The number of nitrogens with zero attached hydrogens (tertiary/aromatic N) is 2. The van der Waals surface area contributed by atoms with E-state index in [1.807, 2.05) is 0 Å². The molecule has 5 nitrogen and oxygen atoms in total. The second-order valence-corrected chi connectivity index (χ2v) is 4.13. The van der Waals surface area contributed by atoms with E-state index < -0.39 is 10.1 Å². The third kappa shape index (κ3) is 8.93. The van der Waals surface area contributed by atoms with E-state index in [0.717, 1.165) is 0 Å². The average molecular weight is 235 g/mol. The first-order valence-corrected chi connectivity index (χ1v) is 5.54. The average Bonchev–Trinajstić information content (AvgIpc) is 2.03. The molecule has 0 atom stereocenters. The van der Waals surface area contributed by atoms with Crippen LogP contribution in [0.4, 0.5) is 5.69 Å². The van der Waals surface area contributed by atoms with Crippen LogP contribution in [-0.2, 0) is 10.1 Å². The number of halogens is 1. The largest absolute Gasteiger partial charge is 0.748 e. The molecule has 0 heterocycles. The third-order valence-corrected chi connectivity index (χ3v) is 1.19. The molecule has 0 radical (unpaired) electrons. The van der Waals surface area contributed by atoms with Crippen molar-refractivity contribution in [2.75, 3.05) is 6.26 Å². The molecule has 0 aliphatic heterocycles. The van der Waals surface area contributed by atoms with Crippen molar-refractivity contribution in [3.8, 4) is 0 Å². The Balaban J connectivity index is 0.000000292. The van der Waals surface area contributed by atoms with Gasteiger partial charge in [-0.25, -0.2) is 8.42 Å². The van der Waals surface area contributed by atoms with Crippen molar-refractivity contribution < 1.29 is 13.0 Å². The molecule has 0 bridgehead atoms. The summed E-state index contributed by atoms with van der Waals surface area (Å²) in [6, 6.07) is 6.58. The van der Waals surface area contributed by atoms with Crippen LogP contribution in [0.1, 0.15) is 0 Å². The molecule has 1 aromatic rings. The van der Waals surface area contributed by atoms with Crippen LogP contribution in [0.3, 0.4) is 0 Å². The van der Waals surface area contributed by atoms with Gasteiger partial charge < -0.3 is 4.55 Å². The Morgan fingerprint density at radius 3 is 2.00 bits per heavy atom. The van der Waals surface area contributed by atoms with Crippen LogP contribution in [-0.4, -0.2) is 19.2 Å². The van der Waals surface area contributed by atoms with E-state index in [-0.39, 0.29) is 0 Å². The summed E-state index contributed by atoms with van der Waals surface area (Å²) in [7, 11) is -3.92. The van der Waals surface area contributed by atoms with Gasteiger partial charge in [-0.2, -0.15) is 0 Å². The SMILES string of the molecule is CS(=O)(=O)[O-].N#[N+]c1ccc(Cl)cc1. The minimum atomic E-state index is -3.92. The second kappa shape index (κ2) is 5.54. The fourth-order valence-electron chi connectivity index (χ4n) is 0.508. The molecular weight excluding hydrogens is 228 g/mol. The van der Waals surface area contributed by atoms with Crippen molar-refractivity contribution in [2.24, 2.45) is 0 Å². The summed E-state index contributed by atoms with van der Waals surface area (Å²) < 4.78 is 27.2. The first-order chi connectivity index (χ1) is 6.33. The van der Waals surface area contributed by atoms with Crippen LogP contribution in [0.15, 0.2) is 24.3 Å². The topological polar surface area (TPSA) is 85.4 Å². The molecule has 0 aliphatic rings. The minimum absolute atomic E-state index is 0.513. The zero-order valence-corrected chi connectivity index (χ0v) is 8.79. The molecule has 0 fully saturated rings. The minimum Gasteiger partial charge on any atom is -0.748 e. The number of rotatable bonds is 0. The van der Waals surface area contributed by atoms with E-state index in [1.165, 1.54) is 0 Å². The molecule has 1 aromatic carbocycles. The summed E-state index contributed by atoms with van der Waals surface area (Å²) in [6.45, 7) is 0. The molecule has 7 heteroatoms. The molecule has 76 valence electrons. The highest BCUT2D eigenvalue weighted by molar-refractivity contribution is 7.84. The van der Waals surface area contributed by atoms with E-state index in [0.29, 0.717) is 17.0 Å². The number of hydrogen-bond donors (Lipinski definition) is 0. The Bertz CT molecular complexity index is 413. The highest BCUT2D eigenvalue weighted by Crippen LogP contribution is 2.15. The standard InChI is InChI=1S/C6H4ClN2.CH4O3S/c7-5-1-3-6(9-8)4-2-5;1-5(2,3)4/h1-4H;1H3,(H,2,3,4)/q+1;/p-1. The van der Waals surface area contributed by atoms with E-state index in [2.05, 4.69) is 4.98 Å². The molecule has 14 heavy (non-hydrogen) atoms. The first kappa shape index (κ1) is 12.8. The molecule has 0 N–H and O–H groups in total. The van der Waals surface area contributed by atoms with E-state index in [1.54, 1.807) is 24.3 Å². The molecule has 0 unspecified atom stereocenters. The summed E-state index contributed by atoms with van der Waals surface area (Å²) in [4.78, 5) is 2.95. The number of hydrogen-bond acceptors (Lipinski definition) is 4. The lowest BCUT2D eigenvalue weighted by atomic mass is 10.3. The number of diazo groups is 1. The van der Waals surface area contributed by atoms with Crippen molar-refractivity contribution in [1.82, 2.24) is 0 Å². The van der Waals surface area contributed by atoms with Gasteiger partial charge in [0.1, 0.15) is 0 Å². The lowest BCUT2D eigenvalue weighted by Gasteiger charge is -1.90. The first-order valence-electron chi connectivity index (χ1n) is 3.34. The maximum Gasteiger partial charge on any atom is 0.385 e. The van der Waals surface area contributed by atoms with Gasteiger partial charge >= 0.3 is 5.69 Å². The normalized spacial score (nSPS) is 9.57. The van der Waals surface area contributed by atoms with Gasteiger partial charge in [-0.15, -0.1) is 0 Å². The van der Waals surface area contributed by atoms with Gasteiger partial charge in [0.25, 0.3) is 0 Å². The molecule has 0 saturated heterocycles. The van der Waals surface area contributed by atoms with Crippen LogP contribution in [0.2, 0.25) is 5.02 Å². The molecule has 1 rings (SSSR count). The van der Waals surface area contributed by atoms with Crippen LogP contribution in [0.5, 0.6) is 0 Å². The molecule has 0 spiro atoms. The predicted molar refractivity (Wildman–Crippen MR) is 51.8 cm³/mol. The zero-order chi connectivity index (χ0) is 11.2. The van der Waals surface area contributed by atoms with Crippen LogP contribution in [0.25, 0.3) is 4.98 Å². The van der Waals surface area contributed by atoms with Crippen molar-refractivity contribution in [2.45, 2.75) is 0 Å². The zero-order valence-electron chi connectivity index (χ0n) is 7.21. The monoisotopic (exact) mass is 234 g/mol. The van der Waals surface area contributed by atoms with Crippen molar-refractivity contribution in [3.05, 3.63) is 34.3 Å². The van der Waals surface area contributed by atoms with Gasteiger partial charge in [-0.1, -0.05) is 11.6 Å². The Kier molecular flexibility index (Phi) is 5.09. The Morgan fingerprint density at radius 1 is 1.36 bits per heavy atom. The lowest BCUT2D eigenvalue weighted by Crippen LogP contribution is -1.88. The highest BCUT2D eigenvalue weighted by Gasteiger charge is 1.99. The fraction of sp³-hybridized carbons (Fsp3) is 0.143. The van der Waals surface area contributed by atoms with Gasteiger partial charge in [0, 0.05) is 23.4 Å². The Hall–Kier alpha value is -1.16. The van der Waals surface area contributed by atoms with Crippen LogP contribution in [0, 0.1) is 5.39 Å². The quantitative estimate of drug-likeness (QED) is 0.507. The molecule has 0 saturated carbocycles. The number of benzene rings is 1. The third-order valence-electron chi connectivity index (χ3n) is 0.942. The maximum atomic E-state index is 9.08. The van der Waals surface area contributed by atoms with Crippen molar-refractivity contribution >= 4 is 27.4 Å². The van der Waals surface area contributed by atoms with Gasteiger partial charge in [-0.3, -0.25) is 0 Å². The lowest BCUT2D eigenvalue weighted by molar-refractivity contribution is 0.470. The van der Waals surface area contributed by atoms with Crippen molar-refractivity contribution in [3.63, 3.8) is 0 Å². The maximum absolute atomic E-state index is 9.08.